The highest BCUT2D eigenvalue weighted by Crippen LogP contribution is 2.42. The summed E-state index contributed by atoms with van der Waals surface area (Å²) in [5.74, 6) is 0.689. The average molecular weight is 439 g/mol. The predicted molar refractivity (Wildman–Crippen MR) is 119 cm³/mol. The van der Waals surface area contributed by atoms with Crippen LogP contribution in [0.4, 0.5) is 0 Å². The van der Waals surface area contributed by atoms with Crippen LogP contribution in [0, 0.1) is 6.92 Å². The van der Waals surface area contributed by atoms with E-state index in [9.17, 15) is 5.11 Å². The smallest absolute Gasteiger partial charge is 0.258 e. The fourth-order valence-electron chi connectivity index (χ4n) is 3.67. The highest BCUT2D eigenvalue weighted by atomic mass is 35.5. The molecule has 1 atom stereocenters. The lowest BCUT2D eigenvalue weighted by Gasteiger charge is -2.30. The van der Waals surface area contributed by atoms with Gasteiger partial charge in [-0.1, -0.05) is 23.7 Å². The van der Waals surface area contributed by atoms with Crippen molar-refractivity contribution >= 4 is 22.5 Å². The molecule has 3 aromatic heterocycles. The maximum atomic E-state index is 12.1. The molecule has 0 bridgehead atoms. The van der Waals surface area contributed by atoms with Gasteiger partial charge in [0.1, 0.15) is 0 Å². The van der Waals surface area contributed by atoms with Crippen molar-refractivity contribution in [2.24, 2.45) is 7.05 Å². The van der Waals surface area contributed by atoms with Gasteiger partial charge in [-0.3, -0.25) is 4.98 Å². The van der Waals surface area contributed by atoms with E-state index in [1.807, 2.05) is 45.2 Å². The standard InChI is InChI=1S/C23H23ClN4O3/c1-5-31-21-20(24)17-10-15(8-9-18(17)27-22(21)30-4)23(29,19-12-25-13-28(19)3)16-7-6-14(2)26-11-16/h6-13,29H,5H2,1-4H3. The molecule has 0 fully saturated rings. The van der Waals surface area contributed by atoms with Crippen molar-refractivity contribution in [1.82, 2.24) is 19.5 Å². The second kappa shape index (κ2) is 8.17. The Morgan fingerprint density at radius 2 is 1.94 bits per heavy atom. The van der Waals surface area contributed by atoms with Crippen molar-refractivity contribution in [2.75, 3.05) is 13.7 Å². The quantitative estimate of drug-likeness (QED) is 0.489. The zero-order chi connectivity index (χ0) is 22.2. The molecule has 0 aliphatic carbocycles. The van der Waals surface area contributed by atoms with Crippen molar-refractivity contribution in [3.05, 3.63) is 76.6 Å². The van der Waals surface area contributed by atoms with E-state index in [0.29, 0.717) is 51.0 Å². The molecule has 1 unspecified atom stereocenters. The number of methoxy groups -OCH3 is 1. The van der Waals surface area contributed by atoms with Crippen LogP contribution in [0.5, 0.6) is 11.6 Å². The number of nitrogens with zero attached hydrogens (tertiary/aromatic N) is 4. The van der Waals surface area contributed by atoms with E-state index in [0.717, 1.165) is 5.69 Å². The van der Waals surface area contributed by atoms with Crippen molar-refractivity contribution < 1.29 is 14.6 Å². The molecule has 3 heterocycles. The van der Waals surface area contributed by atoms with Gasteiger partial charge in [0.25, 0.3) is 5.88 Å². The van der Waals surface area contributed by atoms with Crippen LogP contribution >= 0.6 is 11.6 Å². The second-order valence-corrected chi connectivity index (χ2v) is 7.60. The number of ether oxygens (including phenoxy) is 2. The topological polar surface area (TPSA) is 82.3 Å². The lowest BCUT2D eigenvalue weighted by atomic mass is 9.83. The monoisotopic (exact) mass is 438 g/mol. The lowest BCUT2D eigenvalue weighted by molar-refractivity contribution is 0.117. The highest BCUT2D eigenvalue weighted by molar-refractivity contribution is 6.37. The summed E-state index contributed by atoms with van der Waals surface area (Å²) in [6.45, 7) is 4.18. The maximum Gasteiger partial charge on any atom is 0.258 e. The summed E-state index contributed by atoms with van der Waals surface area (Å²) in [5, 5.41) is 13.1. The van der Waals surface area contributed by atoms with Crippen LogP contribution in [-0.2, 0) is 12.6 Å². The zero-order valence-electron chi connectivity index (χ0n) is 17.8. The lowest BCUT2D eigenvalue weighted by Crippen LogP contribution is -2.31. The first-order valence-electron chi connectivity index (χ1n) is 9.83. The first kappa shape index (κ1) is 21.1. The number of rotatable bonds is 6. The molecule has 8 heteroatoms. The van der Waals surface area contributed by atoms with Gasteiger partial charge in [0.2, 0.25) is 5.75 Å². The summed E-state index contributed by atoms with van der Waals surface area (Å²) in [6, 6.07) is 9.17. The van der Waals surface area contributed by atoms with E-state index in [1.54, 1.807) is 29.4 Å². The summed E-state index contributed by atoms with van der Waals surface area (Å²) < 4.78 is 12.8. The average Bonchev–Trinajstić information content (AvgIpc) is 3.21. The number of imidazole rings is 1. The van der Waals surface area contributed by atoms with Crippen molar-refractivity contribution in [1.29, 1.82) is 0 Å². The van der Waals surface area contributed by atoms with Gasteiger partial charge in [-0.15, -0.1) is 0 Å². The molecule has 4 aromatic rings. The van der Waals surface area contributed by atoms with E-state index >= 15 is 0 Å². The van der Waals surface area contributed by atoms with Crippen molar-refractivity contribution in [3.63, 3.8) is 0 Å². The molecule has 0 saturated carbocycles. The number of halogens is 1. The molecule has 0 aliphatic heterocycles. The molecular weight excluding hydrogens is 416 g/mol. The minimum Gasteiger partial charge on any atom is -0.487 e. The normalized spacial score (nSPS) is 13.2. The van der Waals surface area contributed by atoms with E-state index < -0.39 is 5.60 Å². The van der Waals surface area contributed by atoms with Gasteiger partial charge in [-0.05, 0) is 37.6 Å². The number of aliphatic hydroxyl groups is 1. The third kappa shape index (κ3) is 3.49. The number of aromatic nitrogens is 4. The molecule has 7 nitrogen and oxygen atoms in total. The van der Waals surface area contributed by atoms with Gasteiger partial charge >= 0.3 is 0 Å². The molecule has 0 amide bonds. The van der Waals surface area contributed by atoms with Crippen LogP contribution in [0.2, 0.25) is 5.02 Å². The van der Waals surface area contributed by atoms with Crippen LogP contribution in [0.25, 0.3) is 10.9 Å². The molecule has 0 radical (unpaired) electrons. The third-order valence-electron chi connectivity index (χ3n) is 5.26. The molecule has 160 valence electrons. The molecule has 0 aliphatic rings. The minimum absolute atomic E-state index is 0.316. The van der Waals surface area contributed by atoms with Crippen LogP contribution < -0.4 is 9.47 Å². The minimum atomic E-state index is -1.50. The van der Waals surface area contributed by atoms with Gasteiger partial charge in [0.05, 0.1) is 42.5 Å². The van der Waals surface area contributed by atoms with Gasteiger partial charge in [0, 0.05) is 29.9 Å². The number of hydrogen-bond donors (Lipinski definition) is 1. The Bertz CT molecular complexity index is 1240. The number of aryl methyl sites for hydroxylation is 2. The van der Waals surface area contributed by atoms with E-state index in [4.69, 9.17) is 21.1 Å². The first-order chi connectivity index (χ1) is 14.9. The first-order valence-corrected chi connectivity index (χ1v) is 10.2. The van der Waals surface area contributed by atoms with Crippen LogP contribution in [0.15, 0.2) is 49.1 Å². The maximum absolute atomic E-state index is 12.1. The molecule has 0 saturated heterocycles. The Morgan fingerprint density at radius 3 is 2.55 bits per heavy atom. The fraction of sp³-hybridized carbons (Fsp3) is 0.261. The number of benzene rings is 1. The molecular formula is C23H23ClN4O3. The summed E-state index contributed by atoms with van der Waals surface area (Å²) in [5.41, 5.74) is 1.79. The van der Waals surface area contributed by atoms with E-state index in [1.165, 1.54) is 7.11 Å². The summed E-state index contributed by atoms with van der Waals surface area (Å²) in [4.78, 5) is 13.1. The molecule has 1 N–H and O–H groups in total. The Hall–Kier alpha value is -3.16. The van der Waals surface area contributed by atoms with E-state index in [2.05, 4.69) is 15.0 Å². The number of hydrogen-bond acceptors (Lipinski definition) is 6. The summed E-state index contributed by atoms with van der Waals surface area (Å²) in [7, 11) is 3.36. The zero-order valence-corrected chi connectivity index (χ0v) is 18.5. The predicted octanol–water partition coefficient (Wildman–Crippen LogP) is 4.02. The molecule has 0 spiro atoms. The van der Waals surface area contributed by atoms with Gasteiger partial charge in [-0.25, -0.2) is 9.97 Å². The molecule has 31 heavy (non-hydrogen) atoms. The van der Waals surface area contributed by atoms with E-state index in [-0.39, 0.29) is 0 Å². The molecule has 1 aromatic carbocycles. The van der Waals surface area contributed by atoms with Gasteiger partial charge in [0.15, 0.2) is 5.60 Å². The Morgan fingerprint density at radius 1 is 1.16 bits per heavy atom. The fourth-order valence-corrected chi connectivity index (χ4v) is 3.96. The second-order valence-electron chi connectivity index (χ2n) is 7.22. The van der Waals surface area contributed by atoms with Gasteiger partial charge < -0.3 is 19.1 Å². The van der Waals surface area contributed by atoms with Crippen LogP contribution in [0.3, 0.4) is 0 Å². The summed E-state index contributed by atoms with van der Waals surface area (Å²) >= 11 is 6.69. The van der Waals surface area contributed by atoms with Crippen LogP contribution in [0.1, 0.15) is 29.4 Å². The van der Waals surface area contributed by atoms with Crippen LogP contribution in [-0.4, -0.2) is 38.3 Å². The van der Waals surface area contributed by atoms with Crippen molar-refractivity contribution in [3.8, 4) is 11.6 Å². The van der Waals surface area contributed by atoms with Gasteiger partial charge in [-0.2, -0.15) is 0 Å². The SMILES string of the molecule is CCOc1c(OC)nc2ccc(C(O)(c3ccc(C)nc3)c3cncn3C)cc2c1Cl. The Balaban J connectivity index is 1.99. The largest absolute Gasteiger partial charge is 0.487 e. The number of fused-ring (bicyclic) bond motifs is 1. The highest BCUT2D eigenvalue weighted by Gasteiger charge is 2.37. The molecule has 4 rings (SSSR count). The summed E-state index contributed by atoms with van der Waals surface area (Å²) in [6.07, 6.45) is 4.96. The van der Waals surface area contributed by atoms with Crippen molar-refractivity contribution in [2.45, 2.75) is 19.4 Å². The third-order valence-corrected chi connectivity index (χ3v) is 5.64. The Kier molecular flexibility index (Phi) is 5.56. The Labute approximate surface area is 185 Å². The number of pyridine rings is 2.